The van der Waals surface area contributed by atoms with Crippen LogP contribution in [0.5, 0.6) is 11.5 Å². The van der Waals surface area contributed by atoms with Gasteiger partial charge in [-0.1, -0.05) is 33.1 Å². The summed E-state index contributed by atoms with van der Waals surface area (Å²) in [5.41, 5.74) is 0.320. The number of hydrogen-bond donors (Lipinski definition) is 1. The summed E-state index contributed by atoms with van der Waals surface area (Å²) in [6.45, 7) is 6.25. The number of hydrogen-bond acceptors (Lipinski definition) is 5. The summed E-state index contributed by atoms with van der Waals surface area (Å²) in [5.74, 6) is 0.604. The van der Waals surface area contributed by atoms with Gasteiger partial charge in [0, 0.05) is 6.04 Å². The van der Waals surface area contributed by atoms with Crippen LogP contribution in [0.4, 0.5) is 0 Å². The highest BCUT2D eigenvalue weighted by molar-refractivity contribution is 5.92. The molecule has 0 saturated heterocycles. The van der Waals surface area contributed by atoms with E-state index in [2.05, 4.69) is 19.2 Å². The van der Waals surface area contributed by atoms with Crippen LogP contribution < -0.4 is 14.8 Å². The molecule has 1 aromatic carbocycles. The van der Waals surface area contributed by atoms with Crippen molar-refractivity contribution in [2.45, 2.75) is 65.0 Å². The van der Waals surface area contributed by atoms with Crippen LogP contribution >= 0.6 is 0 Å². The Labute approximate surface area is 161 Å². The van der Waals surface area contributed by atoms with E-state index in [1.54, 1.807) is 25.1 Å². The topological polar surface area (TPSA) is 73.9 Å². The number of amides is 1. The van der Waals surface area contributed by atoms with Gasteiger partial charge in [0.05, 0.1) is 19.3 Å². The van der Waals surface area contributed by atoms with E-state index in [4.69, 9.17) is 14.2 Å². The summed E-state index contributed by atoms with van der Waals surface area (Å²) in [6.07, 6.45) is 4.61. The monoisotopic (exact) mass is 377 g/mol. The molecule has 6 heteroatoms. The lowest BCUT2D eigenvalue weighted by Crippen LogP contribution is -2.42. The molecule has 1 atom stereocenters. The third-order valence-corrected chi connectivity index (χ3v) is 4.58. The summed E-state index contributed by atoms with van der Waals surface area (Å²) in [5, 5.41) is 2.97. The minimum Gasteiger partial charge on any atom is -0.493 e. The minimum absolute atomic E-state index is 0.185. The predicted molar refractivity (Wildman–Crippen MR) is 103 cm³/mol. The molecule has 1 unspecified atom stereocenters. The van der Waals surface area contributed by atoms with Crippen LogP contribution in [-0.2, 0) is 9.53 Å². The summed E-state index contributed by atoms with van der Waals surface area (Å²) in [4.78, 5) is 24.7. The molecule has 0 spiro atoms. The van der Waals surface area contributed by atoms with Gasteiger partial charge in [-0.05, 0) is 43.9 Å². The first-order chi connectivity index (χ1) is 12.9. The molecule has 0 aliphatic heterocycles. The zero-order valence-electron chi connectivity index (χ0n) is 16.7. The van der Waals surface area contributed by atoms with Crippen molar-refractivity contribution in [3.05, 3.63) is 23.8 Å². The van der Waals surface area contributed by atoms with Crippen molar-refractivity contribution in [2.24, 2.45) is 5.92 Å². The Kier molecular flexibility index (Phi) is 7.95. The molecule has 1 N–H and O–H groups in total. The molecule has 0 aromatic heterocycles. The van der Waals surface area contributed by atoms with E-state index in [9.17, 15) is 9.59 Å². The highest BCUT2D eigenvalue weighted by atomic mass is 16.5. The Morgan fingerprint density at radius 2 is 1.81 bits per heavy atom. The number of nitrogens with one attached hydrogen (secondary N) is 1. The Balaban J connectivity index is 1.94. The van der Waals surface area contributed by atoms with Gasteiger partial charge in [0.25, 0.3) is 5.91 Å². The molecule has 0 heterocycles. The van der Waals surface area contributed by atoms with Crippen LogP contribution in [0.15, 0.2) is 18.2 Å². The fraction of sp³-hybridized carbons (Fsp3) is 0.619. The van der Waals surface area contributed by atoms with Gasteiger partial charge in [-0.3, -0.25) is 4.79 Å². The maximum atomic E-state index is 12.4. The normalized spacial score (nSPS) is 15.9. The maximum Gasteiger partial charge on any atom is 0.339 e. The number of carbonyl (C=O) groups is 2. The predicted octanol–water partition coefficient (Wildman–Crippen LogP) is 3.72. The van der Waals surface area contributed by atoms with Gasteiger partial charge in [-0.15, -0.1) is 0 Å². The zero-order chi connectivity index (χ0) is 19.8. The third-order valence-electron chi connectivity index (χ3n) is 4.58. The lowest BCUT2D eigenvalue weighted by molar-refractivity contribution is -0.130. The molecule has 1 aliphatic rings. The summed E-state index contributed by atoms with van der Waals surface area (Å²) >= 11 is 0. The molecule has 0 radical (unpaired) electrons. The van der Waals surface area contributed by atoms with E-state index < -0.39 is 12.1 Å². The lowest BCUT2D eigenvalue weighted by Gasteiger charge is -2.24. The maximum absolute atomic E-state index is 12.4. The fourth-order valence-corrected chi connectivity index (χ4v) is 3.02. The second-order valence-corrected chi connectivity index (χ2v) is 7.46. The van der Waals surface area contributed by atoms with Crippen molar-refractivity contribution in [1.82, 2.24) is 5.32 Å². The van der Waals surface area contributed by atoms with E-state index in [0.717, 1.165) is 25.7 Å². The minimum atomic E-state index is -0.845. The van der Waals surface area contributed by atoms with E-state index in [-0.39, 0.29) is 11.9 Å². The molecule has 1 aromatic rings. The number of rotatable bonds is 8. The molecule has 150 valence electrons. The van der Waals surface area contributed by atoms with Crippen LogP contribution in [-0.4, -0.2) is 37.7 Å². The van der Waals surface area contributed by atoms with Gasteiger partial charge in [0.15, 0.2) is 17.6 Å². The van der Waals surface area contributed by atoms with E-state index >= 15 is 0 Å². The van der Waals surface area contributed by atoms with Crippen LogP contribution in [0, 0.1) is 5.92 Å². The third kappa shape index (κ3) is 6.45. The smallest absolute Gasteiger partial charge is 0.339 e. The average molecular weight is 377 g/mol. The van der Waals surface area contributed by atoms with Gasteiger partial charge in [-0.2, -0.15) is 0 Å². The van der Waals surface area contributed by atoms with E-state index in [1.807, 2.05) is 0 Å². The van der Waals surface area contributed by atoms with E-state index in [1.165, 1.54) is 13.5 Å². The van der Waals surface area contributed by atoms with Crippen molar-refractivity contribution in [2.75, 3.05) is 13.7 Å². The van der Waals surface area contributed by atoms with Gasteiger partial charge >= 0.3 is 5.97 Å². The first-order valence-corrected chi connectivity index (χ1v) is 9.73. The van der Waals surface area contributed by atoms with Crippen LogP contribution in [0.1, 0.15) is 63.2 Å². The first kappa shape index (κ1) is 21.1. The number of esters is 1. The summed E-state index contributed by atoms with van der Waals surface area (Å²) < 4.78 is 16.3. The largest absolute Gasteiger partial charge is 0.493 e. The molecular weight excluding hydrogens is 346 g/mol. The van der Waals surface area contributed by atoms with Gasteiger partial charge in [0.2, 0.25) is 0 Å². The quantitative estimate of drug-likeness (QED) is 0.699. The first-order valence-electron chi connectivity index (χ1n) is 9.73. The number of benzene rings is 1. The van der Waals surface area contributed by atoms with Crippen molar-refractivity contribution in [3.8, 4) is 11.5 Å². The fourth-order valence-electron chi connectivity index (χ4n) is 3.02. The van der Waals surface area contributed by atoms with Crippen molar-refractivity contribution in [3.63, 3.8) is 0 Å². The molecule has 1 saturated carbocycles. The molecule has 1 amide bonds. The highest BCUT2D eigenvalue weighted by Gasteiger charge is 2.23. The van der Waals surface area contributed by atoms with Crippen LogP contribution in [0.3, 0.4) is 0 Å². The molecular formula is C21H31NO5. The highest BCUT2D eigenvalue weighted by Crippen LogP contribution is 2.29. The van der Waals surface area contributed by atoms with Crippen molar-refractivity contribution in [1.29, 1.82) is 0 Å². The standard InChI is InChI=1S/C21H31NO5/c1-14(2)13-26-18-11-10-16(12-19(18)25-4)21(24)27-15(3)20(23)22-17-8-6-5-7-9-17/h10-12,14-15,17H,5-9,13H2,1-4H3,(H,22,23). The number of carbonyl (C=O) groups excluding carboxylic acids is 2. The Morgan fingerprint density at radius 3 is 2.44 bits per heavy atom. The van der Waals surface area contributed by atoms with Crippen molar-refractivity contribution >= 4 is 11.9 Å². The molecule has 6 nitrogen and oxygen atoms in total. The number of ether oxygens (including phenoxy) is 3. The second-order valence-electron chi connectivity index (χ2n) is 7.46. The van der Waals surface area contributed by atoms with Crippen LogP contribution in [0.2, 0.25) is 0 Å². The Hall–Kier alpha value is -2.24. The molecule has 1 aliphatic carbocycles. The Bertz CT molecular complexity index is 637. The lowest BCUT2D eigenvalue weighted by atomic mass is 9.95. The molecule has 0 bridgehead atoms. The van der Waals surface area contributed by atoms with Gasteiger partial charge in [0.1, 0.15) is 0 Å². The van der Waals surface area contributed by atoms with Gasteiger partial charge in [-0.25, -0.2) is 4.79 Å². The van der Waals surface area contributed by atoms with Gasteiger partial charge < -0.3 is 19.5 Å². The summed E-state index contributed by atoms with van der Waals surface area (Å²) in [6, 6.07) is 5.06. The van der Waals surface area contributed by atoms with Crippen molar-refractivity contribution < 1.29 is 23.8 Å². The molecule has 1 fully saturated rings. The SMILES string of the molecule is COc1cc(C(=O)OC(C)C(=O)NC2CCCCC2)ccc1OCC(C)C. The summed E-state index contributed by atoms with van der Waals surface area (Å²) in [7, 11) is 1.52. The molecule has 2 rings (SSSR count). The van der Waals surface area contributed by atoms with E-state index in [0.29, 0.717) is 29.6 Å². The Morgan fingerprint density at radius 1 is 1.11 bits per heavy atom. The molecule has 27 heavy (non-hydrogen) atoms. The number of methoxy groups -OCH3 is 1. The average Bonchev–Trinajstić information content (AvgIpc) is 2.66. The zero-order valence-corrected chi connectivity index (χ0v) is 16.7. The second kappa shape index (κ2) is 10.2. The van der Waals surface area contributed by atoms with Crippen LogP contribution in [0.25, 0.3) is 0 Å².